The number of nitrogens with zero attached hydrogens (tertiary/aromatic N) is 4. The number of carbonyl (C=O) groups excluding carboxylic acids is 1. The number of aromatic nitrogens is 3. The van der Waals surface area contributed by atoms with Gasteiger partial charge in [0.15, 0.2) is 0 Å². The normalized spacial score (nSPS) is 14.6. The third-order valence-corrected chi connectivity index (χ3v) is 7.36. The summed E-state index contributed by atoms with van der Waals surface area (Å²) in [6, 6.07) is 27.8. The van der Waals surface area contributed by atoms with Crippen LogP contribution in [-0.2, 0) is 6.54 Å². The fourth-order valence-electron chi connectivity index (χ4n) is 5.29. The predicted molar refractivity (Wildman–Crippen MR) is 151 cm³/mol. The number of rotatable bonds is 4. The van der Waals surface area contributed by atoms with Crippen molar-refractivity contribution >= 4 is 11.7 Å². The van der Waals surface area contributed by atoms with Crippen LogP contribution in [0.25, 0.3) is 11.5 Å². The molecule has 3 aromatic carbocycles. The summed E-state index contributed by atoms with van der Waals surface area (Å²) in [6.07, 6.45) is 2.03. The van der Waals surface area contributed by atoms with Crippen molar-refractivity contribution in [1.29, 1.82) is 0 Å². The number of fused-ring (bicyclic) bond motifs is 3. The molecular formula is C32H30FN5O. The Morgan fingerprint density at radius 1 is 0.949 bits per heavy atom. The molecule has 6 nitrogen and oxygen atoms in total. The van der Waals surface area contributed by atoms with Gasteiger partial charge in [0.05, 0.1) is 29.7 Å². The van der Waals surface area contributed by atoms with Gasteiger partial charge in [-0.2, -0.15) is 5.10 Å². The van der Waals surface area contributed by atoms with E-state index in [-0.39, 0.29) is 17.9 Å². The minimum absolute atomic E-state index is 0.271. The minimum atomic E-state index is -0.363. The second-order valence-electron chi connectivity index (χ2n) is 10.2. The number of halogens is 1. The molecule has 0 saturated heterocycles. The van der Waals surface area contributed by atoms with E-state index >= 15 is 0 Å². The lowest BCUT2D eigenvalue weighted by Gasteiger charge is -2.31. The van der Waals surface area contributed by atoms with Gasteiger partial charge < -0.3 is 14.8 Å². The van der Waals surface area contributed by atoms with Crippen LogP contribution in [0, 0.1) is 12.7 Å². The molecule has 196 valence electrons. The topological polar surface area (TPSA) is 55.1 Å². The van der Waals surface area contributed by atoms with Crippen molar-refractivity contribution in [2.75, 3.05) is 5.32 Å². The van der Waals surface area contributed by atoms with E-state index in [1.807, 2.05) is 59.1 Å². The van der Waals surface area contributed by atoms with E-state index < -0.39 is 0 Å². The van der Waals surface area contributed by atoms with E-state index in [2.05, 4.69) is 54.1 Å². The molecule has 1 N–H and O–H groups in total. The highest BCUT2D eigenvalue weighted by Crippen LogP contribution is 2.39. The van der Waals surface area contributed by atoms with Crippen LogP contribution < -0.4 is 5.32 Å². The molecule has 2 amide bonds. The van der Waals surface area contributed by atoms with Gasteiger partial charge in [0, 0.05) is 17.4 Å². The maximum Gasteiger partial charge on any atom is 0.322 e. The van der Waals surface area contributed by atoms with Crippen LogP contribution in [0.3, 0.4) is 0 Å². The first-order valence-electron chi connectivity index (χ1n) is 13.2. The van der Waals surface area contributed by atoms with Crippen LogP contribution in [0.1, 0.15) is 53.9 Å². The molecule has 1 aliphatic rings. The maximum absolute atomic E-state index is 14.0. The molecule has 0 unspecified atom stereocenters. The molecule has 7 heteroatoms. The Balaban J connectivity index is 1.52. The molecule has 5 aromatic rings. The number of anilines is 1. The van der Waals surface area contributed by atoms with E-state index in [1.54, 1.807) is 12.1 Å². The monoisotopic (exact) mass is 519 g/mol. The highest BCUT2D eigenvalue weighted by molar-refractivity contribution is 5.90. The van der Waals surface area contributed by atoms with Crippen LogP contribution in [0.15, 0.2) is 97.2 Å². The fraction of sp³-hybridized carbons (Fsp3) is 0.188. The molecule has 0 fully saturated rings. The Bertz CT molecular complexity index is 1620. The van der Waals surface area contributed by atoms with Crippen LogP contribution in [-0.4, -0.2) is 25.3 Å². The summed E-state index contributed by atoms with van der Waals surface area (Å²) in [6.45, 7) is 6.67. The minimum Gasteiger partial charge on any atom is -0.308 e. The SMILES string of the molecule is Cc1nn(-c2ccccc2)c2c1CN(C(=O)Nc1ccc(F)cc1)[C@@H](c1ccc(C(C)C)cc1)c1cccn1-2. The van der Waals surface area contributed by atoms with Gasteiger partial charge >= 0.3 is 6.03 Å². The second kappa shape index (κ2) is 9.91. The van der Waals surface area contributed by atoms with Gasteiger partial charge in [-0.25, -0.2) is 13.9 Å². The number of aryl methyl sites for hydroxylation is 1. The molecule has 0 spiro atoms. The predicted octanol–water partition coefficient (Wildman–Crippen LogP) is 7.37. The number of amides is 2. The lowest BCUT2D eigenvalue weighted by molar-refractivity contribution is 0.194. The van der Waals surface area contributed by atoms with Crippen molar-refractivity contribution in [1.82, 2.24) is 19.2 Å². The Kier molecular flexibility index (Phi) is 6.27. The summed E-state index contributed by atoms with van der Waals surface area (Å²) in [7, 11) is 0. The number of hydrogen-bond donors (Lipinski definition) is 1. The van der Waals surface area contributed by atoms with E-state index in [0.29, 0.717) is 18.2 Å². The van der Waals surface area contributed by atoms with Crippen molar-refractivity contribution in [3.8, 4) is 11.5 Å². The number of benzene rings is 3. The molecule has 0 bridgehead atoms. The second-order valence-corrected chi connectivity index (χ2v) is 10.2. The highest BCUT2D eigenvalue weighted by atomic mass is 19.1. The molecule has 0 radical (unpaired) electrons. The molecular weight excluding hydrogens is 489 g/mol. The quantitative estimate of drug-likeness (QED) is 0.270. The Morgan fingerprint density at radius 2 is 1.67 bits per heavy atom. The number of carbonyl (C=O) groups is 1. The fourth-order valence-corrected chi connectivity index (χ4v) is 5.29. The largest absolute Gasteiger partial charge is 0.322 e. The van der Waals surface area contributed by atoms with E-state index in [0.717, 1.165) is 34.0 Å². The summed E-state index contributed by atoms with van der Waals surface area (Å²) in [5.74, 6) is 0.968. The van der Waals surface area contributed by atoms with Gasteiger partial charge in [0.1, 0.15) is 11.6 Å². The average molecular weight is 520 g/mol. The first-order chi connectivity index (χ1) is 18.9. The van der Waals surface area contributed by atoms with Crippen LogP contribution in [0.5, 0.6) is 0 Å². The van der Waals surface area contributed by atoms with E-state index in [1.165, 1.54) is 17.7 Å². The zero-order chi connectivity index (χ0) is 27.1. The lowest BCUT2D eigenvalue weighted by atomic mass is 9.97. The van der Waals surface area contributed by atoms with Crippen LogP contribution in [0.2, 0.25) is 0 Å². The number of nitrogens with one attached hydrogen (secondary N) is 1. The van der Waals surface area contributed by atoms with Gasteiger partial charge in [0.2, 0.25) is 0 Å². The molecule has 0 aliphatic carbocycles. The van der Waals surface area contributed by atoms with Gasteiger partial charge in [-0.3, -0.25) is 0 Å². The summed E-state index contributed by atoms with van der Waals surface area (Å²) in [5, 5.41) is 7.89. The van der Waals surface area contributed by atoms with Crippen molar-refractivity contribution in [2.45, 2.75) is 39.3 Å². The molecule has 1 atom stereocenters. The summed E-state index contributed by atoms with van der Waals surface area (Å²) in [5.41, 5.74) is 6.50. The molecule has 2 aromatic heterocycles. The van der Waals surface area contributed by atoms with Crippen molar-refractivity contribution in [3.05, 3.63) is 131 Å². The summed E-state index contributed by atoms with van der Waals surface area (Å²) < 4.78 is 17.7. The Hall–Kier alpha value is -4.65. The Morgan fingerprint density at radius 3 is 2.36 bits per heavy atom. The molecule has 0 saturated carbocycles. The number of para-hydroxylation sites is 1. The molecule has 1 aliphatic heterocycles. The lowest BCUT2D eigenvalue weighted by Crippen LogP contribution is -2.38. The number of hydrogen-bond acceptors (Lipinski definition) is 2. The summed E-state index contributed by atoms with van der Waals surface area (Å²) in [4.78, 5) is 15.8. The zero-order valence-electron chi connectivity index (χ0n) is 22.2. The highest BCUT2D eigenvalue weighted by Gasteiger charge is 2.36. The van der Waals surface area contributed by atoms with Gasteiger partial charge in [0.25, 0.3) is 0 Å². The summed E-state index contributed by atoms with van der Waals surface area (Å²) >= 11 is 0. The Labute approximate surface area is 227 Å². The third-order valence-electron chi connectivity index (χ3n) is 7.36. The third kappa shape index (κ3) is 4.50. The van der Waals surface area contributed by atoms with Gasteiger partial charge in [-0.15, -0.1) is 0 Å². The van der Waals surface area contributed by atoms with Crippen molar-refractivity contribution in [3.63, 3.8) is 0 Å². The van der Waals surface area contributed by atoms with E-state index in [4.69, 9.17) is 5.10 Å². The zero-order valence-corrected chi connectivity index (χ0v) is 22.2. The standard InChI is InChI=1S/C32H30FN5O/c1-21(2)23-11-13-24(14-12-23)30-29-10-7-19-36(29)31-28(22(3)35-38(31)27-8-5-4-6-9-27)20-37(30)32(39)34-26-17-15-25(33)16-18-26/h4-19,21,30H,20H2,1-3H3,(H,34,39)/t30-/m0/s1. The van der Waals surface area contributed by atoms with Crippen molar-refractivity contribution < 1.29 is 9.18 Å². The maximum atomic E-state index is 14.0. The first kappa shape index (κ1) is 24.7. The first-order valence-corrected chi connectivity index (χ1v) is 13.2. The van der Waals surface area contributed by atoms with Crippen LogP contribution >= 0.6 is 0 Å². The van der Waals surface area contributed by atoms with E-state index in [9.17, 15) is 9.18 Å². The molecule has 39 heavy (non-hydrogen) atoms. The number of urea groups is 1. The molecule has 6 rings (SSSR count). The van der Waals surface area contributed by atoms with Gasteiger partial charge in [-0.05, 0) is 72.5 Å². The van der Waals surface area contributed by atoms with Crippen LogP contribution in [0.4, 0.5) is 14.9 Å². The van der Waals surface area contributed by atoms with Crippen molar-refractivity contribution in [2.24, 2.45) is 0 Å². The molecule has 3 heterocycles. The average Bonchev–Trinajstić information content (AvgIpc) is 3.51. The van der Waals surface area contributed by atoms with Gasteiger partial charge in [-0.1, -0.05) is 56.3 Å². The smallest absolute Gasteiger partial charge is 0.308 e.